The van der Waals surface area contributed by atoms with Crippen LogP contribution in [0, 0.1) is 6.92 Å². The molecule has 0 aliphatic carbocycles. The van der Waals surface area contributed by atoms with E-state index in [1.54, 1.807) is 31.3 Å². The molecule has 0 atom stereocenters. The van der Waals surface area contributed by atoms with Crippen molar-refractivity contribution in [2.75, 3.05) is 0 Å². The fraction of sp³-hybridized carbons (Fsp3) is 0.154. The Labute approximate surface area is 118 Å². The highest BCUT2D eigenvalue weighted by Crippen LogP contribution is 2.22. The number of phenols is 1. The maximum Gasteiger partial charge on any atom is 0.255 e. The van der Waals surface area contributed by atoms with Gasteiger partial charge in [0, 0.05) is 10.7 Å². The number of aromatic hydroxyl groups is 1. The van der Waals surface area contributed by atoms with Crippen molar-refractivity contribution in [1.82, 2.24) is 15.3 Å². The van der Waals surface area contributed by atoms with E-state index in [4.69, 9.17) is 0 Å². The topological polar surface area (TPSA) is 75.1 Å². The van der Waals surface area contributed by atoms with Crippen molar-refractivity contribution in [1.29, 1.82) is 0 Å². The molecule has 0 bridgehead atoms. The summed E-state index contributed by atoms with van der Waals surface area (Å²) in [7, 11) is 0. The molecule has 2 rings (SSSR count). The molecule has 0 spiro atoms. The Kier molecular flexibility index (Phi) is 4.11. The summed E-state index contributed by atoms with van der Waals surface area (Å²) >= 11 is 3.22. The molecular weight excluding hydrogens is 310 g/mol. The Hall–Kier alpha value is -1.95. The third kappa shape index (κ3) is 3.51. The minimum atomic E-state index is -0.346. The van der Waals surface area contributed by atoms with E-state index in [2.05, 4.69) is 31.2 Å². The largest absolute Gasteiger partial charge is 0.507 e. The van der Waals surface area contributed by atoms with E-state index in [0.717, 1.165) is 5.69 Å². The molecule has 0 fully saturated rings. The van der Waals surface area contributed by atoms with Gasteiger partial charge in [0.15, 0.2) is 0 Å². The van der Waals surface area contributed by atoms with Gasteiger partial charge in [0.1, 0.15) is 11.6 Å². The molecule has 1 aromatic heterocycles. The van der Waals surface area contributed by atoms with Gasteiger partial charge in [-0.2, -0.15) is 0 Å². The highest BCUT2D eigenvalue weighted by molar-refractivity contribution is 9.10. The van der Waals surface area contributed by atoms with Gasteiger partial charge in [0.05, 0.1) is 17.8 Å². The van der Waals surface area contributed by atoms with Crippen molar-refractivity contribution >= 4 is 21.8 Å². The molecule has 0 saturated heterocycles. The summed E-state index contributed by atoms with van der Waals surface area (Å²) in [5.74, 6) is 0.241. The van der Waals surface area contributed by atoms with Crippen molar-refractivity contribution in [3.8, 4) is 5.75 Å². The van der Waals surface area contributed by atoms with Crippen LogP contribution in [-0.4, -0.2) is 21.0 Å². The third-order valence-electron chi connectivity index (χ3n) is 2.47. The predicted octanol–water partition coefficient (Wildman–Crippen LogP) is 2.18. The van der Waals surface area contributed by atoms with Crippen molar-refractivity contribution in [2.45, 2.75) is 13.5 Å². The zero-order valence-electron chi connectivity index (χ0n) is 10.2. The van der Waals surface area contributed by atoms with Gasteiger partial charge in [-0.1, -0.05) is 15.9 Å². The number of aryl methyl sites for hydroxylation is 1. The zero-order valence-corrected chi connectivity index (χ0v) is 11.8. The van der Waals surface area contributed by atoms with Gasteiger partial charge in [0.2, 0.25) is 0 Å². The van der Waals surface area contributed by atoms with Crippen LogP contribution in [0.5, 0.6) is 5.75 Å². The lowest BCUT2D eigenvalue weighted by Crippen LogP contribution is -2.23. The minimum absolute atomic E-state index is 0.0641. The number of benzene rings is 1. The molecule has 2 N–H and O–H groups in total. The second-order valence-electron chi connectivity index (χ2n) is 3.94. The number of rotatable bonds is 3. The van der Waals surface area contributed by atoms with E-state index in [9.17, 15) is 9.90 Å². The number of hydrogen-bond acceptors (Lipinski definition) is 4. The molecule has 1 amide bonds. The first kappa shape index (κ1) is 13.5. The molecule has 0 aliphatic heterocycles. The summed E-state index contributed by atoms with van der Waals surface area (Å²) in [5, 5.41) is 12.4. The first-order chi connectivity index (χ1) is 9.06. The Morgan fingerprint density at radius 3 is 2.89 bits per heavy atom. The summed E-state index contributed by atoms with van der Waals surface area (Å²) in [6.45, 7) is 2.07. The van der Waals surface area contributed by atoms with Gasteiger partial charge in [-0.3, -0.25) is 4.79 Å². The maximum atomic E-state index is 11.9. The third-order valence-corrected chi connectivity index (χ3v) is 2.96. The van der Waals surface area contributed by atoms with E-state index in [1.165, 1.54) is 6.07 Å². The van der Waals surface area contributed by atoms with Crippen molar-refractivity contribution < 1.29 is 9.90 Å². The molecule has 0 saturated carbocycles. The fourth-order valence-corrected chi connectivity index (χ4v) is 1.92. The highest BCUT2D eigenvalue weighted by atomic mass is 79.9. The van der Waals surface area contributed by atoms with Crippen molar-refractivity contribution in [3.05, 3.63) is 52.0 Å². The van der Waals surface area contributed by atoms with Crippen molar-refractivity contribution in [2.24, 2.45) is 0 Å². The summed E-state index contributed by atoms with van der Waals surface area (Å²) in [4.78, 5) is 20.1. The average Bonchev–Trinajstić information content (AvgIpc) is 2.36. The highest BCUT2D eigenvalue weighted by Gasteiger charge is 2.11. The normalized spacial score (nSPS) is 10.2. The van der Waals surface area contributed by atoms with Gasteiger partial charge >= 0.3 is 0 Å². The van der Waals surface area contributed by atoms with Crippen LogP contribution in [0.1, 0.15) is 21.9 Å². The molecule has 5 nitrogen and oxygen atoms in total. The molecule has 2 aromatic rings. The number of halogens is 1. The number of amides is 1. The number of phenolic OH excluding ortho intramolecular Hbond substituents is 1. The quantitative estimate of drug-likeness (QED) is 0.908. The Morgan fingerprint density at radius 1 is 1.42 bits per heavy atom. The number of carbonyl (C=O) groups is 1. The molecule has 98 valence electrons. The lowest BCUT2D eigenvalue weighted by molar-refractivity contribution is 0.0947. The first-order valence-electron chi connectivity index (χ1n) is 5.61. The minimum Gasteiger partial charge on any atom is -0.507 e. The van der Waals surface area contributed by atoms with Crippen LogP contribution in [0.15, 0.2) is 34.9 Å². The van der Waals surface area contributed by atoms with Gasteiger partial charge in [-0.25, -0.2) is 9.97 Å². The molecule has 19 heavy (non-hydrogen) atoms. The summed E-state index contributed by atoms with van der Waals surface area (Å²) < 4.78 is 0.716. The molecule has 0 radical (unpaired) electrons. The smallest absolute Gasteiger partial charge is 0.255 e. The number of carbonyl (C=O) groups excluding carboxylic acids is 1. The SMILES string of the molecule is Cc1nccc(CNC(=O)c2ccc(Br)cc2O)n1. The Bertz CT molecular complexity index is 617. The second kappa shape index (κ2) is 5.79. The zero-order chi connectivity index (χ0) is 13.8. The van der Waals surface area contributed by atoms with E-state index in [1.807, 2.05) is 0 Å². The fourth-order valence-electron chi connectivity index (χ4n) is 1.57. The van der Waals surface area contributed by atoms with E-state index in [0.29, 0.717) is 10.3 Å². The van der Waals surface area contributed by atoms with Gasteiger partial charge in [-0.15, -0.1) is 0 Å². The molecule has 1 aromatic carbocycles. The number of nitrogens with one attached hydrogen (secondary N) is 1. The van der Waals surface area contributed by atoms with Crippen LogP contribution >= 0.6 is 15.9 Å². The lowest BCUT2D eigenvalue weighted by Gasteiger charge is -2.07. The molecule has 6 heteroatoms. The Balaban J connectivity index is 2.05. The lowest BCUT2D eigenvalue weighted by atomic mass is 10.2. The Morgan fingerprint density at radius 2 is 2.21 bits per heavy atom. The van der Waals surface area contributed by atoms with Crippen LogP contribution in [0.25, 0.3) is 0 Å². The van der Waals surface area contributed by atoms with Gasteiger partial charge in [-0.05, 0) is 31.2 Å². The van der Waals surface area contributed by atoms with Crippen molar-refractivity contribution in [3.63, 3.8) is 0 Å². The standard InChI is InChI=1S/C13H12BrN3O2/c1-8-15-5-4-10(17-8)7-16-13(19)11-3-2-9(14)6-12(11)18/h2-6,18H,7H2,1H3,(H,16,19). The summed E-state index contributed by atoms with van der Waals surface area (Å²) in [6, 6.07) is 6.46. The van der Waals surface area contributed by atoms with Crippen LogP contribution in [-0.2, 0) is 6.54 Å². The molecule has 0 aliphatic rings. The molecular formula is C13H12BrN3O2. The van der Waals surface area contributed by atoms with E-state index < -0.39 is 0 Å². The monoisotopic (exact) mass is 321 g/mol. The van der Waals surface area contributed by atoms with Crippen LogP contribution in [0.2, 0.25) is 0 Å². The number of nitrogens with zero attached hydrogens (tertiary/aromatic N) is 2. The average molecular weight is 322 g/mol. The van der Waals surface area contributed by atoms with Crippen LogP contribution in [0.4, 0.5) is 0 Å². The van der Waals surface area contributed by atoms with E-state index >= 15 is 0 Å². The predicted molar refractivity (Wildman–Crippen MR) is 73.7 cm³/mol. The second-order valence-corrected chi connectivity index (χ2v) is 4.86. The number of hydrogen-bond donors (Lipinski definition) is 2. The number of aromatic nitrogens is 2. The van der Waals surface area contributed by atoms with Gasteiger partial charge in [0.25, 0.3) is 5.91 Å². The van der Waals surface area contributed by atoms with E-state index in [-0.39, 0.29) is 23.8 Å². The summed E-state index contributed by atoms with van der Waals surface area (Å²) in [6.07, 6.45) is 1.64. The molecule has 0 unspecified atom stereocenters. The van der Waals surface area contributed by atoms with Crippen LogP contribution in [0.3, 0.4) is 0 Å². The van der Waals surface area contributed by atoms with Crippen LogP contribution < -0.4 is 5.32 Å². The van der Waals surface area contributed by atoms with Gasteiger partial charge < -0.3 is 10.4 Å². The first-order valence-corrected chi connectivity index (χ1v) is 6.41. The molecule has 1 heterocycles. The summed E-state index contributed by atoms with van der Waals surface area (Å²) in [5.41, 5.74) is 0.950. The maximum absolute atomic E-state index is 11.9.